The van der Waals surface area contributed by atoms with Gasteiger partial charge >= 0.3 is 0 Å². The highest BCUT2D eigenvalue weighted by atomic mass is 32.2. The first-order valence-corrected chi connectivity index (χ1v) is 6.92. The van der Waals surface area contributed by atoms with Crippen LogP contribution in [-0.2, 0) is 0 Å². The van der Waals surface area contributed by atoms with E-state index in [1.54, 1.807) is 18.9 Å². The van der Waals surface area contributed by atoms with Crippen LogP contribution in [0, 0.1) is 0 Å². The van der Waals surface area contributed by atoms with E-state index in [9.17, 15) is 0 Å². The highest BCUT2D eigenvalue weighted by Gasteiger charge is 2.16. The highest BCUT2D eigenvalue weighted by molar-refractivity contribution is 7.98. The third-order valence-electron chi connectivity index (χ3n) is 2.76. The van der Waals surface area contributed by atoms with Crippen LogP contribution in [0.25, 0.3) is 11.5 Å². The zero-order valence-corrected chi connectivity index (χ0v) is 11.7. The molecule has 0 radical (unpaired) electrons. The second-order valence-electron chi connectivity index (χ2n) is 4.19. The van der Waals surface area contributed by atoms with E-state index in [-0.39, 0.29) is 0 Å². The Hall–Kier alpha value is -1.49. The molecule has 0 aliphatic rings. The predicted octanol–water partition coefficient (Wildman–Crippen LogP) is 3.59. The zero-order valence-electron chi connectivity index (χ0n) is 10.9. The molecule has 0 amide bonds. The summed E-state index contributed by atoms with van der Waals surface area (Å²) in [4.78, 5) is 1.21. The molecular weight excluding hydrogens is 248 g/mol. The van der Waals surface area contributed by atoms with Gasteiger partial charge in [0.15, 0.2) is 0 Å². The minimum Gasteiger partial charge on any atom is -0.496 e. The van der Waals surface area contributed by atoms with Crippen molar-refractivity contribution in [1.82, 2.24) is 10.2 Å². The molecule has 0 spiro atoms. The van der Waals surface area contributed by atoms with Crippen LogP contribution in [0.5, 0.6) is 5.75 Å². The van der Waals surface area contributed by atoms with Gasteiger partial charge in [-0.3, -0.25) is 0 Å². The quantitative estimate of drug-likeness (QED) is 0.790. The number of aromatic nitrogens is 2. The summed E-state index contributed by atoms with van der Waals surface area (Å²) in [6.07, 6.45) is 3.38. The molecule has 2 aromatic rings. The van der Waals surface area contributed by atoms with E-state index in [1.165, 1.54) is 16.9 Å². The number of thioether (sulfide) groups is 1. The van der Waals surface area contributed by atoms with Crippen LogP contribution in [-0.4, -0.2) is 23.6 Å². The minimum absolute atomic E-state index is 0.443. The van der Waals surface area contributed by atoms with Crippen molar-refractivity contribution in [2.75, 3.05) is 13.4 Å². The highest BCUT2D eigenvalue weighted by Crippen LogP contribution is 2.37. The number of benzene rings is 1. The number of methoxy groups -OCH3 is 1. The Morgan fingerprint density at radius 2 is 2.11 bits per heavy atom. The molecule has 0 bridgehead atoms. The molecule has 0 saturated carbocycles. The SMILES string of the molecule is COc1cc(C(C)C)c(SC)cc1-c1nnco1. The van der Waals surface area contributed by atoms with Crippen molar-refractivity contribution in [2.24, 2.45) is 0 Å². The molecule has 4 nitrogen and oxygen atoms in total. The summed E-state index contributed by atoms with van der Waals surface area (Å²) in [5.74, 6) is 1.69. The van der Waals surface area contributed by atoms with Gasteiger partial charge in [0, 0.05) is 4.90 Å². The van der Waals surface area contributed by atoms with Gasteiger partial charge in [-0.25, -0.2) is 0 Å². The van der Waals surface area contributed by atoms with Crippen LogP contribution in [0.4, 0.5) is 0 Å². The maximum absolute atomic E-state index is 5.42. The molecule has 0 fully saturated rings. The topological polar surface area (TPSA) is 48.2 Å². The van der Waals surface area contributed by atoms with Crippen molar-refractivity contribution >= 4 is 11.8 Å². The first-order valence-electron chi connectivity index (χ1n) is 5.69. The summed E-state index contributed by atoms with van der Waals surface area (Å²) in [5.41, 5.74) is 2.10. The fourth-order valence-corrected chi connectivity index (χ4v) is 2.60. The second-order valence-corrected chi connectivity index (χ2v) is 5.04. The van der Waals surface area contributed by atoms with Crippen molar-refractivity contribution in [1.29, 1.82) is 0 Å². The average molecular weight is 264 g/mol. The van der Waals surface area contributed by atoms with E-state index in [1.807, 2.05) is 6.07 Å². The standard InChI is InChI=1S/C13H16N2O2S/c1-8(2)9-5-11(16-3)10(6-12(9)18-4)13-15-14-7-17-13/h5-8H,1-4H3. The van der Waals surface area contributed by atoms with E-state index in [0.717, 1.165) is 11.3 Å². The molecular formula is C13H16N2O2S. The normalized spacial score (nSPS) is 10.9. The van der Waals surface area contributed by atoms with Gasteiger partial charge in [-0.15, -0.1) is 22.0 Å². The van der Waals surface area contributed by atoms with Crippen molar-refractivity contribution in [2.45, 2.75) is 24.7 Å². The summed E-state index contributed by atoms with van der Waals surface area (Å²) >= 11 is 1.71. The van der Waals surface area contributed by atoms with Crippen molar-refractivity contribution in [3.63, 3.8) is 0 Å². The first kappa shape index (κ1) is 13.0. The lowest BCUT2D eigenvalue weighted by Gasteiger charge is -2.15. The molecule has 1 aromatic heterocycles. The summed E-state index contributed by atoms with van der Waals surface area (Å²) < 4.78 is 10.7. The maximum atomic E-state index is 5.42. The number of rotatable bonds is 4. The number of ether oxygens (including phenoxy) is 1. The van der Waals surface area contributed by atoms with E-state index in [0.29, 0.717) is 11.8 Å². The second kappa shape index (κ2) is 5.44. The van der Waals surface area contributed by atoms with Gasteiger partial charge in [-0.05, 0) is 29.9 Å². The molecule has 18 heavy (non-hydrogen) atoms. The van der Waals surface area contributed by atoms with E-state index >= 15 is 0 Å². The molecule has 1 heterocycles. The Bertz CT molecular complexity index is 524. The Labute approximate surface area is 111 Å². The molecule has 0 unspecified atom stereocenters. The Morgan fingerprint density at radius 3 is 2.61 bits per heavy atom. The third-order valence-corrected chi connectivity index (χ3v) is 3.56. The van der Waals surface area contributed by atoms with Crippen molar-refractivity contribution < 1.29 is 9.15 Å². The van der Waals surface area contributed by atoms with Gasteiger partial charge in [0.1, 0.15) is 5.75 Å². The van der Waals surface area contributed by atoms with Gasteiger partial charge in [0.2, 0.25) is 6.39 Å². The van der Waals surface area contributed by atoms with Crippen molar-refractivity contribution in [3.05, 3.63) is 24.1 Å². The molecule has 0 aliphatic heterocycles. The largest absolute Gasteiger partial charge is 0.496 e. The van der Waals surface area contributed by atoms with Gasteiger partial charge in [0.25, 0.3) is 5.89 Å². The maximum Gasteiger partial charge on any atom is 0.251 e. The zero-order chi connectivity index (χ0) is 13.1. The summed E-state index contributed by atoms with van der Waals surface area (Å²) in [6.45, 7) is 4.34. The lowest BCUT2D eigenvalue weighted by Crippen LogP contribution is -1.96. The molecule has 0 atom stereocenters. The van der Waals surface area contributed by atoms with Crippen molar-refractivity contribution in [3.8, 4) is 17.2 Å². The van der Waals surface area contributed by atoms with Crippen LogP contribution < -0.4 is 4.74 Å². The number of hydrogen-bond donors (Lipinski definition) is 0. The van der Waals surface area contributed by atoms with Crippen LogP contribution in [0.15, 0.2) is 27.8 Å². The summed E-state index contributed by atoms with van der Waals surface area (Å²) in [7, 11) is 1.65. The van der Waals surface area contributed by atoms with Crippen LogP contribution >= 0.6 is 11.8 Å². The van der Waals surface area contributed by atoms with Gasteiger partial charge in [-0.2, -0.15) is 0 Å². The fourth-order valence-electron chi connectivity index (χ4n) is 1.83. The van der Waals surface area contributed by atoms with E-state index in [4.69, 9.17) is 9.15 Å². The smallest absolute Gasteiger partial charge is 0.251 e. The van der Waals surface area contributed by atoms with Crippen LogP contribution in [0.2, 0.25) is 0 Å². The fraction of sp³-hybridized carbons (Fsp3) is 0.385. The lowest BCUT2D eigenvalue weighted by molar-refractivity contribution is 0.413. The van der Waals surface area contributed by atoms with Gasteiger partial charge in [-0.1, -0.05) is 13.8 Å². The van der Waals surface area contributed by atoms with Crippen LogP contribution in [0.1, 0.15) is 25.3 Å². The molecule has 96 valence electrons. The Morgan fingerprint density at radius 1 is 1.33 bits per heavy atom. The van der Waals surface area contributed by atoms with Gasteiger partial charge in [0.05, 0.1) is 12.7 Å². The molecule has 2 rings (SSSR count). The monoisotopic (exact) mass is 264 g/mol. The Kier molecular flexibility index (Phi) is 3.91. The number of hydrogen-bond acceptors (Lipinski definition) is 5. The first-order chi connectivity index (χ1) is 8.67. The summed E-state index contributed by atoms with van der Waals surface area (Å²) in [5, 5.41) is 7.65. The Balaban J connectivity index is 2.60. The molecule has 0 saturated heterocycles. The third kappa shape index (κ3) is 2.36. The summed E-state index contributed by atoms with van der Waals surface area (Å²) in [6, 6.07) is 4.10. The minimum atomic E-state index is 0.443. The molecule has 5 heteroatoms. The van der Waals surface area contributed by atoms with E-state index in [2.05, 4.69) is 36.4 Å². The predicted molar refractivity (Wildman–Crippen MR) is 72.2 cm³/mol. The molecule has 0 N–H and O–H groups in total. The lowest BCUT2D eigenvalue weighted by atomic mass is 10.0. The molecule has 0 aliphatic carbocycles. The average Bonchev–Trinajstić information content (AvgIpc) is 2.90. The van der Waals surface area contributed by atoms with Gasteiger partial charge < -0.3 is 9.15 Å². The number of nitrogens with zero attached hydrogens (tertiary/aromatic N) is 2. The molecule has 1 aromatic carbocycles. The van der Waals surface area contributed by atoms with E-state index < -0.39 is 0 Å². The van der Waals surface area contributed by atoms with Crippen LogP contribution in [0.3, 0.4) is 0 Å².